The largest absolute Gasteiger partial charge is 0.548 e. The Morgan fingerprint density at radius 3 is 2.53 bits per heavy atom. The van der Waals surface area contributed by atoms with Gasteiger partial charge >= 0.3 is 8.03 Å². The van der Waals surface area contributed by atoms with Gasteiger partial charge in [0.05, 0.1) is 0 Å². The highest BCUT2D eigenvalue weighted by Crippen LogP contribution is 2.25. The Kier molecular flexibility index (Phi) is 7.07. The Labute approximate surface area is 105 Å². The van der Waals surface area contributed by atoms with Crippen molar-refractivity contribution < 1.29 is 9.09 Å². The van der Waals surface area contributed by atoms with E-state index in [0.29, 0.717) is 0 Å². The van der Waals surface area contributed by atoms with Crippen LogP contribution in [0.15, 0.2) is 30.3 Å². The van der Waals surface area contributed by atoms with Gasteiger partial charge < -0.3 is 0 Å². The zero-order valence-corrected chi connectivity index (χ0v) is 11.7. The predicted molar refractivity (Wildman–Crippen MR) is 73.0 cm³/mol. The van der Waals surface area contributed by atoms with Crippen molar-refractivity contribution in [2.75, 3.05) is 0 Å². The van der Waals surface area contributed by atoms with Gasteiger partial charge in [-0.15, -0.1) is 4.52 Å². The zero-order chi connectivity index (χ0) is 12.5. The average Bonchev–Trinajstić information content (AvgIpc) is 2.36. The van der Waals surface area contributed by atoms with Crippen LogP contribution in [0.1, 0.15) is 46.0 Å². The first kappa shape index (κ1) is 14.3. The van der Waals surface area contributed by atoms with Crippen LogP contribution in [0.25, 0.3) is 0 Å². The summed E-state index contributed by atoms with van der Waals surface area (Å²) in [6.45, 7) is 4.20. The summed E-state index contributed by atoms with van der Waals surface area (Å²) < 4.78 is 17.4. The Morgan fingerprint density at radius 2 is 1.88 bits per heavy atom. The molecule has 0 amide bonds. The third-order valence-corrected chi connectivity index (χ3v) is 3.98. The first-order chi connectivity index (χ1) is 8.24. The van der Waals surface area contributed by atoms with Crippen molar-refractivity contribution in [1.29, 1.82) is 0 Å². The van der Waals surface area contributed by atoms with E-state index in [2.05, 4.69) is 6.92 Å². The van der Waals surface area contributed by atoms with Gasteiger partial charge in [0.2, 0.25) is 5.30 Å². The van der Waals surface area contributed by atoms with E-state index in [9.17, 15) is 4.57 Å². The number of rotatable bonds is 8. The minimum atomic E-state index is -1.69. The lowest BCUT2D eigenvalue weighted by Gasteiger charge is -2.04. The van der Waals surface area contributed by atoms with Gasteiger partial charge in [-0.2, -0.15) is 0 Å². The third-order valence-electron chi connectivity index (χ3n) is 2.71. The first-order valence-corrected chi connectivity index (χ1v) is 7.61. The summed E-state index contributed by atoms with van der Waals surface area (Å²) in [6, 6.07) is 9.39. The molecular formula is C14H22O2P+. The molecule has 0 saturated carbocycles. The lowest BCUT2D eigenvalue weighted by molar-refractivity contribution is 0.223. The molecule has 3 heteroatoms. The molecule has 2 atom stereocenters. The summed E-state index contributed by atoms with van der Waals surface area (Å²) in [4.78, 5) is 0. The van der Waals surface area contributed by atoms with Gasteiger partial charge in [-0.1, -0.05) is 50.8 Å². The van der Waals surface area contributed by atoms with E-state index in [4.69, 9.17) is 4.52 Å². The zero-order valence-electron chi connectivity index (χ0n) is 10.8. The van der Waals surface area contributed by atoms with Crippen LogP contribution in [0.5, 0.6) is 0 Å². The van der Waals surface area contributed by atoms with Crippen molar-refractivity contribution in [3.63, 3.8) is 0 Å². The standard InChI is InChI=1S/C14H22O2P/c1-3-4-5-7-10-13(2)16-17(15)14-11-8-6-9-12-14/h6,8-9,11-13H,3-5,7,10H2,1-2H3/q+1. The molecule has 0 radical (unpaired) electrons. The van der Waals surface area contributed by atoms with Gasteiger partial charge in [0.25, 0.3) is 0 Å². The van der Waals surface area contributed by atoms with Gasteiger partial charge in [-0.3, -0.25) is 0 Å². The van der Waals surface area contributed by atoms with Crippen LogP contribution < -0.4 is 5.30 Å². The van der Waals surface area contributed by atoms with Gasteiger partial charge in [0, 0.05) is 0 Å². The molecule has 0 spiro atoms. The van der Waals surface area contributed by atoms with Crippen molar-refractivity contribution in [1.82, 2.24) is 0 Å². The fourth-order valence-electron chi connectivity index (χ4n) is 1.69. The normalized spacial score (nSPS) is 13.4. The molecule has 2 unspecified atom stereocenters. The molecule has 1 rings (SSSR count). The smallest absolute Gasteiger partial charge is 0.139 e. The quantitative estimate of drug-likeness (QED) is 0.506. The molecule has 1 aromatic carbocycles. The maximum Gasteiger partial charge on any atom is 0.548 e. The van der Waals surface area contributed by atoms with Crippen LogP contribution in [0.2, 0.25) is 0 Å². The molecule has 0 aliphatic heterocycles. The predicted octanol–water partition coefficient (Wildman–Crippen LogP) is 4.43. The number of benzene rings is 1. The molecule has 0 heterocycles. The minimum absolute atomic E-state index is 0.0793. The number of hydrogen-bond acceptors (Lipinski definition) is 2. The maximum atomic E-state index is 11.9. The molecule has 2 nitrogen and oxygen atoms in total. The van der Waals surface area contributed by atoms with Crippen molar-refractivity contribution in [2.24, 2.45) is 0 Å². The lowest BCUT2D eigenvalue weighted by atomic mass is 10.1. The Hall–Kier alpha value is -0.720. The molecule has 0 N–H and O–H groups in total. The second kappa shape index (κ2) is 8.38. The molecule has 0 fully saturated rings. The van der Waals surface area contributed by atoms with Crippen LogP contribution >= 0.6 is 8.03 Å². The van der Waals surface area contributed by atoms with Crippen LogP contribution in [0.3, 0.4) is 0 Å². The molecule has 0 aliphatic rings. The Bertz CT molecular complexity index is 324. The highest BCUT2D eigenvalue weighted by atomic mass is 31.1. The van der Waals surface area contributed by atoms with Crippen molar-refractivity contribution >= 4 is 13.3 Å². The van der Waals surface area contributed by atoms with E-state index in [1.165, 1.54) is 19.3 Å². The van der Waals surface area contributed by atoms with Gasteiger partial charge in [0.15, 0.2) is 0 Å². The summed E-state index contributed by atoms with van der Waals surface area (Å²) >= 11 is 0. The van der Waals surface area contributed by atoms with Crippen LogP contribution in [-0.4, -0.2) is 6.10 Å². The molecule has 94 valence electrons. The summed E-state index contributed by atoms with van der Waals surface area (Å²) in [5.41, 5.74) is 0. The van der Waals surface area contributed by atoms with E-state index in [1.54, 1.807) is 0 Å². The van der Waals surface area contributed by atoms with Crippen molar-refractivity contribution in [3.05, 3.63) is 30.3 Å². The van der Waals surface area contributed by atoms with E-state index in [0.717, 1.165) is 18.1 Å². The number of unbranched alkanes of at least 4 members (excludes halogenated alkanes) is 3. The lowest BCUT2D eigenvalue weighted by Crippen LogP contribution is -2.07. The van der Waals surface area contributed by atoms with Gasteiger partial charge in [-0.05, 0) is 30.0 Å². The molecule has 17 heavy (non-hydrogen) atoms. The van der Waals surface area contributed by atoms with Crippen LogP contribution in [0.4, 0.5) is 0 Å². The highest BCUT2D eigenvalue weighted by molar-refractivity contribution is 7.48. The summed E-state index contributed by atoms with van der Waals surface area (Å²) in [5, 5.41) is 0.780. The second-order valence-electron chi connectivity index (χ2n) is 4.36. The van der Waals surface area contributed by atoms with E-state index in [1.807, 2.05) is 37.3 Å². The number of hydrogen-bond donors (Lipinski definition) is 0. The minimum Gasteiger partial charge on any atom is -0.139 e. The van der Waals surface area contributed by atoms with E-state index >= 15 is 0 Å². The van der Waals surface area contributed by atoms with Crippen LogP contribution in [0, 0.1) is 0 Å². The summed E-state index contributed by atoms with van der Waals surface area (Å²) in [7, 11) is -1.69. The first-order valence-electron chi connectivity index (χ1n) is 6.43. The monoisotopic (exact) mass is 253 g/mol. The summed E-state index contributed by atoms with van der Waals surface area (Å²) in [6.07, 6.45) is 5.99. The van der Waals surface area contributed by atoms with Crippen LogP contribution in [-0.2, 0) is 9.09 Å². The molecule has 0 bridgehead atoms. The molecule has 0 aliphatic carbocycles. The van der Waals surface area contributed by atoms with Gasteiger partial charge in [-0.25, -0.2) is 0 Å². The topological polar surface area (TPSA) is 26.3 Å². The maximum absolute atomic E-state index is 11.9. The van der Waals surface area contributed by atoms with Crippen molar-refractivity contribution in [2.45, 2.75) is 52.1 Å². The third kappa shape index (κ3) is 5.95. The Morgan fingerprint density at radius 1 is 1.18 bits per heavy atom. The average molecular weight is 253 g/mol. The molecule has 0 saturated heterocycles. The molecule has 1 aromatic rings. The SMILES string of the molecule is CCCCCCC(C)O[P+](=O)c1ccccc1. The molecular weight excluding hydrogens is 231 g/mol. The highest BCUT2D eigenvalue weighted by Gasteiger charge is 2.24. The fourth-order valence-corrected chi connectivity index (χ4v) is 2.65. The fraction of sp³-hybridized carbons (Fsp3) is 0.571. The van der Waals surface area contributed by atoms with E-state index in [-0.39, 0.29) is 6.10 Å². The van der Waals surface area contributed by atoms with Gasteiger partial charge in [0.1, 0.15) is 6.10 Å². The second-order valence-corrected chi connectivity index (χ2v) is 5.60. The van der Waals surface area contributed by atoms with E-state index < -0.39 is 8.03 Å². The summed E-state index contributed by atoms with van der Waals surface area (Å²) in [5.74, 6) is 0. The van der Waals surface area contributed by atoms with Crippen molar-refractivity contribution in [3.8, 4) is 0 Å². The molecule has 0 aromatic heterocycles. The Balaban J connectivity index is 2.26.